The van der Waals surface area contributed by atoms with Crippen molar-refractivity contribution in [2.24, 2.45) is 0 Å². The Hall–Kier alpha value is -2.17. The van der Waals surface area contributed by atoms with Gasteiger partial charge in [-0.3, -0.25) is 0 Å². The molecule has 0 saturated carbocycles. The Kier molecular flexibility index (Phi) is 3.72. The van der Waals surface area contributed by atoms with Crippen molar-refractivity contribution in [1.82, 2.24) is 15.2 Å². The maximum absolute atomic E-state index is 4.33. The fraction of sp³-hybridized carbons (Fsp3) is 0.308. The van der Waals surface area contributed by atoms with E-state index in [1.165, 1.54) is 5.56 Å². The SMILES string of the molecule is Cc1ccc(Nc2nncc(NC(C)C)n2)cc1. The number of rotatable bonds is 4. The maximum Gasteiger partial charge on any atom is 0.249 e. The number of nitrogens with zero attached hydrogens (tertiary/aromatic N) is 3. The number of anilines is 3. The van der Waals surface area contributed by atoms with Gasteiger partial charge in [0.05, 0.1) is 6.20 Å². The number of benzene rings is 1. The number of hydrogen-bond acceptors (Lipinski definition) is 5. The first-order chi connectivity index (χ1) is 8.63. The van der Waals surface area contributed by atoms with E-state index in [9.17, 15) is 0 Å². The molecule has 0 atom stereocenters. The Balaban J connectivity index is 2.11. The van der Waals surface area contributed by atoms with Gasteiger partial charge in [0.15, 0.2) is 5.82 Å². The summed E-state index contributed by atoms with van der Waals surface area (Å²) in [5.41, 5.74) is 2.17. The molecule has 0 amide bonds. The molecule has 0 aliphatic heterocycles. The van der Waals surface area contributed by atoms with Crippen molar-refractivity contribution in [3.05, 3.63) is 36.0 Å². The van der Waals surface area contributed by atoms with Gasteiger partial charge < -0.3 is 10.6 Å². The molecule has 0 unspecified atom stereocenters. The van der Waals surface area contributed by atoms with Crippen LogP contribution in [0.25, 0.3) is 0 Å². The second-order valence-electron chi connectivity index (χ2n) is 4.46. The molecule has 0 aliphatic carbocycles. The summed E-state index contributed by atoms with van der Waals surface area (Å²) in [5.74, 6) is 1.21. The van der Waals surface area contributed by atoms with E-state index in [-0.39, 0.29) is 0 Å². The summed E-state index contributed by atoms with van der Waals surface area (Å²) in [4.78, 5) is 4.33. The normalized spacial score (nSPS) is 10.4. The Bertz CT molecular complexity index is 507. The number of aryl methyl sites for hydroxylation is 1. The first kappa shape index (κ1) is 12.3. The van der Waals surface area contributed by atoms with Crippen molar-refractivity contribution in [2.45, 2.75) is 26.8 Å². The predicted molar refractivity (Wildman–Crippen MR) is 73.0 cm³/mol. The predicted octanol–water partition coefficient (Wildman–Crippen LogP) is 2.74. The van der Waals surface area contributed by atoms with E-state index < -0.39 is 0 Å². The Morgan fingerprint density at radius 3 is 2.50 bits per heavy atom. The zero-order valence-electron chi connectivity index (χ0n) is 10.8. The van der Waals surface area contributed by atoms with Gasteiger partial charge in [0.1, 0.15) is 0 Å². The van der Waals surface area contributed by atoms with Crippen LogP contribution in [0.5, 0.6) is 0 Å². The zero-order valence-corrected chi connectivity index (χ0v) is 10.8. The Morgan fingerprint density at radius 2 is 1.83 bits per heavy atom. The van der Waals surface area contributed by atoms with Gasteiger partial charge in [-0.05, 0) is 32.9 Å². The van der Waals surface area contributed by atoms with E-state index in [0.717, 1.165) is 11.5 Å². The van der Waals surface area contributed by atoms with E-state index in [1.54, 1.807) is 6.20 Å². The minimum absolute atomic E-state index is 0.314. The summed E-state index contributed by atoms with van der Waals surface area (Å²) in [6.07, 6.45) is 1.61. The molecule has 0 fully saturated rings. The average Bonchev–Trinajstić information content (AvgIpc) is 2.32. The highest BCUT2D eigenvalue weighted by atomic mass is 15.3. The van der Waals surface area contributed by atoms with Crippen molar-refractivity contribution < 1.29 is 0 Å². The summed E-state index contributed by atoms with van der Waals surface area (Å²) in [6.45, 7) is 6.15. The van der Waals surface area contributed by atoms with Crippen LogP contribution >= 0.6 is 0 Å². The van der Waals surface area contributed by atoms with Gasteiger partial charge >= 0.3 is 0 Å². The standard InChI is InChI=1S/C13H17N5/c1-9(2)15-12-8-14-18-13(17-12)16-11-6-4-10(3)5-7-11/h4-9H,1-3H3,(H2,15,16,17,18). The van der Waals surface area contributed by atoms with Gasteiger partial charge in [0.25, 0.3) is 0 Å². The van der Waals surface area contributed by atoms with Crippen LogP contribution in [0.15, 0.2) is 30.5 Å². The fourth-order valence-corrected chi connectivity index (χ4v) is 1.49. The summed E-state index contributed by atoms with van der Waals surface area (Å²) >= 11 is 0. The monoisotopic (exact) mass is 243 g/mol. The van der Waals surface area contributed by atoms with E-state index >= 15 is 0 Å². The van der Waals surface area contributed by atoms with Crippen LogP contribution in [-0.4, -0.2) is 21.2 Å². The average molecular weight is 243 g/mol. The van der Waals surface area contributed by atoms with Gasteiger partial charge in [-0.25, -0.2) is 0 Å². The van der Waals surface area contributed by atoms with Crippen molar-refractivity contribution in [1.29, 1.82) is 0 Å². The van der Waals surface area contributed by atoms with Crippen LogP contribution in [-0.2, 0) is 0 Å². The van der Waals surface area contributed by atoms with Crippen LogP contribution in [0, 0.1) is 6.92 Å². The first-order valence-electron chi connectivity index (χ1n) is 5.93. The Morgan fingerprint density at radius 1 is 1.11 bits per heavy atom. The largest absolute Gasteiger partial charge is 0.366 e. The fourth-order valence-electron chi connectivity index (χ4n) is 1.49. The van der Waals surface area contributed by atoms with E-state index in [1.807, 2.05) is 24.3 Å². The topological polar surface area (TPSA) is 62.7 Å². The van der Waals surface area contributed by atoms with Gasteiger partial charge in [-0.1, -0.05) is 17.7 Å². The smallest absolute Gasteiger partial charge is 0.249 e. The van der Waals surface area contributed by atoms with Crippen LogP contribution < -0.4 is 10.6 Å². The van der Waals surface area contributed by atoms with Gasteiger partial charge in [-0.2, -0.15) is 10.1 Å². The lowest BCUT2D eigenvalue weighted by atomic mass is 10.2. The van der Waals surface area contributed by atoms with Gasteiger partial charge in [0.2, 0.25) is 5.95 Å². The quantitative estimate of drug-likeness (QED) is 0.864. The third-order valence-corrected chi connectivity index (χ3v) is 2.30. The minimum Gasteiger partial charge on any atom is -0.366 e. The lowest BCUT2D eigenvalue weighted by Crippen LogP contribution is -2.12. The third-order valence-electron chi connectivity index (χ3n) is 2.30. The maximum atomic E-state index is 4.33. The summed E-state index contributed by atoms with van der Waals surface area (Å²) < 4.78 is 0. The molecule has 5 heteroatoms. The number of nitrogens with one attached hydrogen (secondary N) is 2. The highest BCUT2D eigenvalue weighted by molar-refractivity contribution is 5.54. The van der Waals surface area contributed by atoms with Gasteiger partial charge in [0, 0.05) is 11.7 Å². The highest BCUT2D eigenvalue weighted by Gasteiger charge is 2.02. The number of hydrogen-bond donors (Lipinski definition) is 2. The molecular weight excluding hydrogens is 226 g/mol. The summed E-state index contributed by atoms with van der Waals surface area (Å²) in [5, 5.41) is 14.2. The molecule has 0 saturated heterocycles. The second kappa shape index (κ2) is 5.44. The summed E-state index contributed by atoms with van der Waals surface area (Å²) in [7, 11) is 0. The molecule has 94 valence electrons. The van der Waals surface area contributed by atoms with Crippen LogP contribution in [0.3, 0.4) is 0 Å². The first-order valence-corrected chi connectivity index (χ1v) is 5.93. The van der Waals surface area contributed by atoms with Crippen molar-refractivity contribution in [3.8, 4) is 0 Å². The van der Waals surface area contributed by atoms with Crippen LogP contribution in [0.1, 0.15) is 19.4 Å². The molecule has 0 aliphatic rings. The Labute approximate surface area is 107 Å². The minimum atomic E-state index is 0.314. The molecule has 5 nitrogen and oxygen atoms in total. The molecule has 1 aromatic carbocycles. The highest BCUT2D eigenvalue weighted by Crippen LogP contribution is 2.14. The molecular formula is C13H17N5. The molecule has 2 rings (SSSR count). The van der Waals surface area contributed by atoms with Crippen LogP contribution in [0.2, 0.25) is 0 Å². The van der Waals surface area contributed by atoms with E-state index in [2.05, 4.69) is 46.6 Å². The molecule has 2 aromatic rings. The molecule has 2 N–H and O–H groups in total. The van der Waals surface area contributed by atoms with E-state index in [0.29, 0.717) is 12.0 Å². The molecule has 0 radical (unpaired) electrons. The second-order valence-corrected chi connectivity index (χ2v) is 4.46. The van der Waals surface area contributed by atoms with Crippen molar-refractivity contribution in [2.75, 3.05) is 10.6 Å². The van der Waals surface area contributed by atoms with E-state index in [4.69, 9.17) is 0 Å². The van der Waals surface area contributed by atoms with Crippen molar-refractivity contribution in [3.63, 3.8) is 0 Å². The lowest BCUT2D eigenvalue weighted by Gasteiger charge is -2.09. The van der Waals surface area contributed by atoms with Gasteiger partial charge in [-0.15, -0.1) is 5.10 Å². The molecule has 0 spiro atoms. The zero-order chi connectivity index (χ0) is 13.0. The molecule has 1 aromatic heterocycles. The molecule has 1 heterocycles. The van der Waals surface area contributed by atoms with Crippen LogP contribution in [0.4, 0.5) is 17.5 Å². The summed E-state index contributed by atoms with van der Waals surface area (Å²) in [6, 6.07) is 8.36. The number of aromatic nitrogens is 3. The molecule has 18 heavy (non-hydrogen) atoms. The lowest BCUT2D eigenvalue weighted by molar-refractivity contribution is 0.873. The molecule has 0 bridgehead atoms. The third kappa shape index (κ3) is 3.41. The van der Waals surface area contributed by atoms with Crippen molar-refractivity contribution >= 4 is 17.5 Å².